The van der Waals surface area contributed by atoms with Crippen molar-refractivity contribution in [2.75, 3.05) is 31.1 Å². The van der Waals surface area contributed by atoms with Gasteiger partial charge in [-0.05, 0) is 18.2 Å². The van der Waals surface area contributed by atoms with Gasteiger partial charge in [0.25, 0.3) is 0 Å². The number of hydrogen-bond acceptors (Lipinski definition) is 3. The zero-order chi connectivity index (χ0) is 15.5. The Balaban J connectivity index is 1.60. The zero-order valence-corrected chi connectivity index (χ0v) is 13.5. The molecule has 0 aliphatic carbocycles. The molecule has 0 radical (unpaired) electrons. The highest BCUT2D eigenvalue weighted by Crippen LogP contribution is 2.32. The lowest BCUT2D eigenvalue weighted by atomic mass is 10.2. The van der Waals surface area contributed by atoms with Gasteiger partial charge in [0.2, 0.25) is 5.91 Å². The van der Waals surface area contributed by atoms with Crippen LogP contribution in [0.15, 0.2) is 36.7 Å². The lowest BCUT2D eigenvalue weighted by molar-refractivity contribution is -0.132. The molecule has 2 aromatic rings. The number of benzene rings is 1. The van der Waals surface area contributed by atoms with Gasteiger partial charge in [0, 0.05) is 38.6 Å². The average molecular weight is 339 g/mol. The summed E-state index contributed by atoms with van der Waals surface area (Å²) in [7, 11) is 0. The van der Waals surface area contributed by atoms with E-state index in [0.717, 1.165) is 18.8 Å². The maximum Gasteiger partial charge on any atom is 0.244 e. The summed E-state index contributed by atoms with van der Waals surface area (Å²) in [6.45, 7) is 3.10. The Hall–Kier alpha value is -1.72. The Morgan fingerprint density at radius 3 is 2.59 bits per heavy atom. The number of carbonyl (C=O) groups excluding carboxylic acids is 1. The molecule has 1 aliphatic heterocycles. The second-order valence-electron chi connectivity index (χ2n) is 5.14. The SMILES string of the molecule is O=C(Cn1cccn1)N1CCN(c2cccc(Cl)c2Cl)CC1. The summed E-state index contributed by atoms with van der Waals surface area (Å²) >= 11 is 12.3. The fraction of sp³-hybridized carbons (Fsp3) is 0.333. The fourth-order valence-corrected chi connectivity index (χ4v) is 2.98. The molecule has 2 heterocycles. The quantitative estimate of drug-likeness (QED) is 0.863. The zero-order valence-electron chi connectivity index (χ0n) is 12.0. The van der Waals surface area contributed by atoms with E-state index in [2.05, 4.69) is 10.00 Å². The second-order valence-corrected chi connectivity index (χ2v) is 5.93. The molecule has 1 saturated heterocycles. The number of amides is 1. The summed E-state index contributed by atoms with van der Waals surface area (Å²) in [6.07, 6.45) is 3.46. The highest BCUT2D eigenvalue weighted by molar-refractivity contribution is 6.43. The van der Waals surface area contributed by atoms with Crippen molar-refractivity contribution in [2.45, 2.75) is 6.54 Å². The van der Waals surface area contributed by atoms with Crippen LogP contribution >= 0.6 is 23.2 Å². The second kappa shape index (κ2) is 6.58. The van der Waals surface area contributed by atoms with Gasteiger partial charge in [0.1, 0.15) is 6.54 Å². The average Bonchev–Trinajstić information content (AvgIpc) is 3.03. The molecule has 1 fully saturated rings. The van der Waals surface area contributed by atoms with Crippen molar-refractivity contribution < 1.29 is 4.79 Å². The van der Waals surface area contributed by atoms with Crippen molar-refractivity contribution >= 4 is 34.8 Å². The number of carbonyl (C=O) groups is 1. The lowest BCUT2D eigenvalue weighted by Crippen LogP contribution is -2.49. The third-order valence-corrected chi connectivity index (χ3v) is 4.57. The summed E-state index contributed by atoms with van der Waals surface area (Å²) in [5.74, 6) is 0.0838. The molecule has 22 heavy (non-hydrogen) atoms. The highest BCUT2D eigenvalue weighted by atomic mass is 35.5. The molecule has 1 aromatic heterocycles. The first-order chi connectivity index (χ1) is 10.6. The van der Waals surface area contributed by atoms with Gasteiger partial charge >= 0.3 is 0 Å². The third kappa shape index (κ3) is 3.20. The number of aromatic nitrogens is 2. The van der Waals surface area contributed by atoms with Crippen LogP contribution in [0.5, 0.6) is 0 Å². The van der Waals surface area contributed by atoms with Crippen LogP contribution in [0.25, 0.3) is 0 Å². The van der Waals surface area contributed by atoms with E-state index in [-0.39, 0.29) is 12.5 Å². The van der Waals surface area contributed by atoms with E-state index in [4.69, 9.17) is 23.2 Å². The summed E-state index contributed by atoms with van der Waals surface area (Å²) < 4.78 is 1.64. The molecule has 0 saturated carbocycles. The molecule has 0 bridgehead atoms. The largest absolute Gasteiger partial charge is 0.367 e. The molecular weight excluding hydrogens is 323 g/mol. The summed E-state index contributed by atoms with van der Waals surface area (Å²) in [6, 6.07) is 7.43. The van der Waals surface area contributed by atoms with Crippen LogP contribution < -0.4 is 4.90 Å². The number of halogens is 2. The first-order valence-electron chi connectivity index (χ1n) is 7.09. The van der Waals surface area contributed by atoms with E-state index in [9.17, 15) is 4.79 Å². The minimum atomic E-state index is 0.0838. The van der Waals surface area contributed by atoms with Crippen molar-refractivity contribution in [3.63, 3.8) is 0 Å². The molecule has 0 atom stereocenters. The van der Waals surface area contributed by atoms with E-state index < -0.39 is 0 Å². The number of anilines is 1. The van der Waals surface area contributed by atoms with Crippen LogP contribution in [0.3, 0.4) is 0 Å². The Bertz CT molecular complexity index is 652. The topological polar surface area (TPSA) is 41.4 Å². The van der Waals surface area contributed by atoms with E-state index in [1.165, 1.54) is 0 Å². The molecule has 3 rings (SSSR count). The smallest absolute Gasteiger partial charge is 0.244 e. The van der Waals surface area contributed by atoms with E-state index in [0.29, 0.717) is 23.1 Å². The van der Waals surface area contributed by atoms with Crippen LogP contribution in [0.2, 0.25) is 10.0 Å². The predicted molar refractivity (Wildman–Crippen MR) is 87.5 cm³/mol. The van der Waals surface area contributed by atoms with Gasteiger partial charge in [-0.2, -0.15) is 5.10 Å². The summed E-state index contributed by atoms with van der Waals surface area (Å²) in [5.41, 5.74) is 0.924. The van der Waals surface area contributed by atoms with Crippen molar-refractivity contribution in [3.05, 3.63) is 46.7 Å². The van der Waals surface area contributed by atoms with Gasteiger partial charge in [0.05, 0.1) is 15.7 Å². The van der Waals surface area contributed by atoms with Crippen LogP contribution in [0, 0.1) is 0 Å². The first-order valence-corrected chi connectivity index (χ1v) is 7.85. The van der Waals surface area contributed by atoms with Crippen LogP contribution in [-0.4, -0.2) is 46.8 Å². The number of piperazine rings is 1. The molecule has 0 spiro atoms. The van der Waals surface area contributed by atoms with Crippen molar-refractivity contribution in [1.82, 2.24) is 14.7 Å². The molecule has 7 heteroatoms. The summed E-state index contributed by atoms with van der Waals surface area (Å²) in [4.78, 5) is 16.2. The molecule has 1 aliphatic rings. The Morgan fingerprint density at radius 2 is 1.91 bits per heavy atom. The standard InChI is InChI=1S/C15H16Cl2N4O/c16-12-3-1-4-13(15(12)17)19-7-9-20(10-8-19)14(22)11-21-6-2-5-18-21/h1-6H,7-11H2. The normalized spacial score (nSPS) is 15.2. The Kier molecular flexibility index (Phi) is 4.55. The Labute approximate surface area is 139 Å². The van der Waals surface area contributed by atoms with Crippen LogP contribution in [0.1, 0.15) is 0 Å². The van der Waals surface area contributed by atoms with Gasteiger partial charge in [-0.1, -0.05) is 29.3 Å². The monoisotopic (exact) mass is 338 g/mol. The van der Waals surface area contributed by atoms with E-state index >= 15 is 0 Å². The molecule has 116 valence electrons. The fourth-order valence-electron chi connectivity index (χ4n) is 2.57. The Morgan fingerprint density at radius 1 is 1.14 bits per heavy atom. The maximum atomic E-state index is 12.2. The van der Waals surface area contributed by atoms with Gasteiger partial charge in [-0.15, -0.1) is 0 Å². The third-order valence-electron chi connectivity index (χ3n) is 3.76. The van der Waals surface area contributed by atoms with Gasteiger partial charge in [-0.3, -0.25) is 9.48 Å². The minimum Gasteiger partial charge on any atom is -0.367 e. The molecule has 0 unspecified atom stereocenters. The van der Waals surface area contributed by atoms with Crippen molar-refractivity contribution in [2.24, 2.45) is 0 Å². The van der Waals surface area contributed by atoms with Gasteiger partial charge in [0.15, 0.2) is 0 Å². The molecule has 1 amide bonds. The predicted octanol–water partition coefficient (Wildman–Crippen LogP) is 2.54. The number of nitrogens with zero attached hydrogens (tertiary/aromatic N) is 4. The molecule has 0 N–H and O–H groups in total. The van der Waals surface area contributed by atoms with Crippen LogP contribution in [0.4, 0.5) is 5.69 Å². The van der Waals surface area contributed by atoms with Crippen molar-refractivity contribution in [3.8, 4) is 0 Å². The number of hydrogen-bond donors (Lipinski definition) is 0. The van der Waals surface area contributed by atoms with E-state index in [1.807, 2.05) is 23.1 Å². The van der Waals surface area contributed by atoms with Crippen molar-refractivity contribution in [1.29, 1.82) is 0 Å². The maximum absolute atomic E-state index is 12.2. The molecule has 5 nitrogen and oxygen atoms in total. The highest BCUT2D eigenvalue weighted by Gasteiger charge is 2.23. The van der Waals surface area contributed by atoms with E-state index in [1.54, 1.807) is 23.1 Å². The van der Waals surface area contributed by atoms with Crippen LogP contribution in [-0.2, 0) is 11.3 Å². The van der Waals surface area contributed by atoms with Gasteiger partial charge in [-0.25, -0.2) is 0 Å². The first kappa shape index (κ1) is 15.2. The van der Waals surface area contributed by atoms with Gasteiger partial charge < -0.3 is 9.80 Å². The molecular formula is C15H16Cl2N4O. The lowest BCUT2D eigenvalue weighted by Gasteiger charge is -2.36. The minimum absolute atomic E-state index is 0.0838. The summed E-state index contributed by atoms with van der Waals surface area (Å²) in [5, 5.41) is 5.18. The number of rotatable bonds is 3. The molecule has 1 aromatic carbocycles.